The molecular weight excluding hydrogens is 216 g/mol. The van der Waals surface area contributed by atoms with Gasteiger partial charge in [0.25, 0.3) is 0 Å². The van der Waals surface area contributed by atoms with Crippen LogP contribution in [0.2, 0.25) is 0 Å². The topological polar surface area (TPSA) is 47.7 Å². The molecule has 1 aromatic carbocycles. The van der Waals surface area contributed by atoms with Gasteiger partial charge in [0.15, 0.2) is 0 Å². The number of hydrogen-bond acceptors (Lipinski definition) is 4. The van der Waals surface area contributed by atoms with E-state index in [9.17, 15) is 0 Å². The smallest absolute Gasteiger partial charge is 0.143 e. The van der Waals surface area contributed by atoms with Crippen molar-refractivity contribution in [2.45, 2.75) is 26.0 Å². The van der Waals surface area contributed by atoms with Gasteiger partial charge in [-0.05, 0) is 24.1 Å². The highest BCUT2D eigenvalue weighted by molar-refractivity contribution is 5.61. The fraction of sp³-hybridized carbons (Fsp3) is 0.538. The van der Waals surface area contributed by atoms with Crippen LogP contribution in [0.1, 0.15) is 18.9 Å². The first kappa shape index (κ1) is 12.2. The number of methoxy groups -OCH3 is 1. The van der Waals surface area contributed by atoms with Gasteiger partial charge in [-0.1, -0.05) is 13.0 Å². The summed E-state index contributed by atoms with van der Waals surface area (Å²) in [5.41, 5.74) is 7.84. The zero-order chi connectivity index (χ0) is 12.3. The van der Waals surface area contributed by atoms with Gasteiger partial charge in [-0.25, -0.2) is 0 Å². The first-order valence-corrected chi connectivity index (χ1v) is 6.02. The van der Waals surface area contributed by atoms with Crippen molar-refractivity contribution < 1.29 is 9.47 Å². The average molecular weight is 236 g/mol. The Balaban J connectivity index is 2.30. The van der Waals surface area contributed by atoms with E-state index in [1.54, 1.807) is 7.11 Å². The Morgan fingerprint density at radius 1 is 1.53 bits per heavy atom. The second-order valence-electron chi connectivity index (χ2n) is 4.29. The summed E-state index contributed by atoms with van der Waals surface area (Å²) in [4.78, 5) is 2.20. The van der Waals surface area contributed by atoms with E-state index in [1.165, 1.54) is 0 Å². The van der Waals surface area contributed by atoms with Crippen molar-refractivity contribution in [3.63, 3.8) is 0 Å². The van der Waals surface area contributed by atoms with Crippen molar-refractivity contribution >= 4 is 5.69 Å². The van der Waals surface area contributed by atoms with Crippen LogP contribution in [0.4, 0.5) is 5.69 Å². The van der Waals surface area contributed by atoms with Crippen LogP contribution in [0.3, 0.4) is 0 Å². The van der Waals surface area contributed by atoms with Crippen LogP contribution in [0.15, 0.2) is 18.2 Å². The number of ether oxygens (including phenoxy) is 2. The molecule has 1 aliphatic heterocycles. The number of nitrogens with two attached hydrogens (primary N) is 1. The monoisotopic (exact) mass is 236 g/mol. The molecule has 2 rings (SSSR count). The van der Waals surface area contributed by atoms with Crippen LogP contribution in [-0.2, 0) is 11.3 Å². The summed E-state index contributed by atoms with van der Waals surface area (Å²) in [6, 6.07) is 6.12. The second kappa shape index (κ2) is 5.38. The summed E-state index contributed by atoms with van der Waals surface area (Å²) >= 11 is 0. The first-order valence-electron chi connectivity index (χ1n) is 6.02. The standard InChI is InChI=1S/C13H20N2O2/c1-3-11-8-15(9-16-2)12-5-4-10(7-14)6-13(12)17-11/h4-6,11H,3,7-9,14H2,1-2H3. The van der Waals surface area contributed by atoms with E-state index in [2.05, 4.69) is 17.9 Å². The Kier molecular flexibility index (Phi) is 3.86. The molecule has 0 spiro atoms. The zero-order valence-corrected chi connectivity index (χ0v) is 10.5. The number of benzene rings is 1. The van der Waals surface area contributed by atoms with E-state index in [0.29, 0.717) is 13.3 Å². The third-order valence-corrected chi connectivity index (χ3v) is 3.06. The van der Waals surface area contributed by atoms with E-state index >= 15 is 0 Å². The molecule has 4 heteroatoms. The molecule has 0 fully saturated rings. The molecule has 17 heavy (non-hydrogen) atoms. The van der Waals surface area contributed by atoms with Gasteiger partial charge in [0.2, 0.25) is 0 Å². The van der Waals surface area contributed by atoms with Crippen LogP contribution in [-0.4, -0.2) is 26.5 Å². The molecular formula is C13H20N2O2. The fourth-order valence-corrected chi connectivity index (χ4v) is 2.09. The molecule has 2 N–H and O–H groups in total. The summed E-state index contributed by atoms with van der Waals surface area (Å²) in [5, 5.41) is 0. The molecule has 0 aliphatic carbocycles. The molecule has 0 aromatic heterocycles. The summed E-state index contributed by atoms with van der Waals surface area (Å²) in [6.45, 7) is 4.14. The number of rotatable bonds is 4. The van der Waals surface area contributed by atoms with Crippen LogP contribution >= 0.6 is 0 Å². The maximum Gasteiger partial charge on any atom is 0.143 e. The van der Waals surface area contributed by atoms with Crippen LogP contribution in [0.5, 0.6) is 5.75 Å². The SMILES string of the molecule is CCC1CN(COC)c2ccc(CN)cc2O1. The lowest BCUT2D eigenvalue weighted by molar-refractivity contribution is 0.150. The molecule has 1 heterocycles. The Hall–Kier alpha value is -1.26. The third kappa shape index (κ3) is 2.53. The van der Waals surface area contributed by atoms with E-state index in [-0.39, 0.29) is 6.10 Å². The Labute approximate surface area is 102 Å². The molecule has 0 saturated carbocycles. The molecule has 1 atom stereocenters. The minimum Gasteiger partial charge on any atom is -0.486 e. The van der Waals surface area contributed by atoms with Gasteiger partial charge in [-0.15, -0.1) is 0 Å². The Morgan fingerprint density at radius 3 is 3.00 bits per heavy atom. The first-order chi connectivity index (χ1) is 8.28. The maximum atomic E-state index is 5.95. The second-order valence-corrected chi connectivity index (χ2v) is 4.29. The molecule has 1 unspecified atom stereocenters. The number of hydrogen-bond donors (Lipinski definition) is 1. The largest absolute Gasteiger partial charge is 0.486 e. The highest BCUT2D eigenvalue weighted by Crippen LogP contribution is 2.34. The average Bonchev–Trinajstić information content (AvgIpc) is 2.38. The summed E-state index contributed by atoms with van der Waals surface area (Å²) < 4.78 is 11.2. The Bertz CT molecular complexity index is 382. The number of nitrogens with zero attached hydrogens (tertiary/aromatic N) is 1. The highest BCUT2D eigenvalue weighted by atomic mass is 16.5. The van der Waals surface area contributed by atoms with Crippen molar-refractivity contribution in [1.82, 2.24) is 0 Å². The van der Waals surface area contributed by atoms with Crippen molar-refractivity contribution in [2.75, 3.05) is 25.3 Å². The van der Waals surface area contributed by atoms with E-state index in [0.717, 1.165) is 30.0 Å². The Morgan fingerprint density at radius 2 is 2.35 bits per heavy atom. The van der Waals surface area contributed by atoms with Gasteiger partial charge in [-0.3, -0.25) is 0 Å². The van der Waals surface area contributed by atoms with Crippen molar-refractivity contribution in [1.29, 1.82) is 0 Å². The van der Waals surface area contributed by atoms with Crippen LogP contribution in [0, 0.1) is 0 Å². The molecule has 0 saturated heterocycles. The summed E-state index contributed by atoms with van der Waals surface area (Å²) in [6.07, 6.45) is 1.22. The quantitative estimate of drug-likeness (QED) is 0.865. The normalized spacial score (nSPS) is 18.8. The summed E-state index contributed by atoms with van der Waals surface area (Å²) in [5.74, 6) is 0.920. The third-order valence-electron chi connectivity index (χ3n) is 3.06. The lowest BCUT2D eigenvalue weighted by atomic mass is 10.1. The van der Waals surface area contributed by atoms with E-state index in [4.69, 9.17) is 15.2 Å². The van der Waals surface area contributed by atoms with Gasteiger partial charge in [0.05, 0.1) is 12.2 Å². The predicted octanol–water partition coefficient (Wildman–Crippen LogP) is 1.73. The van der Waals surface area contributed by atoms with Crippen LogP contribution in [0.25, 0.3) is 0 Å². The van der Waals surface area contributed by atoms with Gasteiger partial charge in [0.1, 0.15) is 18.6 Å². The van der Waals surface area contributed by atoms with Gasteiger partial charge in [0, 0.05) is 13.7 Å². The maximum absolute atomic E-state index is 5.95. The number of anilines is 1. The fourth-order valence-electron chi connectivity index (χ4n) is 2.09. The van der Waals surface area contributed by atoms with Crippen molar-refractivity contribution in [2.24, 2.45) is 5.73 Å². The van der Waals surface area contributed by atoms with Gasteiger partial charge in [-0.2, -0.15) is 0 Å². The summed E-state index contributed by atoms with van der Waals surface area (Å²) in [7, 11) is 1.71. The molecule has 4 nitrogen and oxygen atoms in total. The van der Waals surface area contributed by atoms with Crippen LogP contribution < -0.4 is 15.4 Å². The lowest BCUT2D eigenvalue weighted by Crippen LogP contribution is -2.40. The van der Waals surface area contributed by atoms with E-state index < -0.39 is 0 Å². The lowest BCUT2D eigenvalue weighted by Gasteiger charge is -2.35. The molecule has 0 radical (unpaired) electrons. The minimum absolute atomic E-state index is 0.227. The minimum atomic E-state index is 0.227. The number of fused-ring (bicyclic) bond motifs is 1. The van der Waals surface area contributed by atoms with Crippen molar-refractivity contribution in [3.8, 4) is 5.75 Å². The highest BCUT2D eigenvalue weighted by Gasteiger charge is 2.24. The molecule has 1 aliphatic rings. The predicted molar refractivity (Wildman–Crippen MR) is 68.3 cm³/mol. The van der Waals surface area contributed by atoms with Gasteiger partial charge >= 0.3 is 0 Å². The molecule has 1 aromatic rings. The molecule has 0 bridgehead atoms. The zero-order valence-electron chi connectivity index (χ0n) is 10.5. The van der Waals surface area contributed by atoms with E-state index in [1.807, 2.05) is 12.1 Å². The molecule has 0 amide bonds. The molecule has 94 valence electrons. The van der Waals surface area contributed by atoms with Crippen molar-refractivity contribution in [3.05, 3.63) is 23.8 Å². The van der Waals surface area contributed by atoms with Gasteiger partial charge < -0.3 is 20.1 Å².